The summed E-state index contributed by atoms with van der Waals surface area (Å²) in [5, 5.41) is 11.6. The van der Waals surface area contributed by atoms with Crippen LogP contribution in [0.2, 0.25) is 0 Å². The second-order valence-electron chi connectivity index (χ2n) is 13.8. The summed E-state index contributed by atoms with van der Waals surface area (Å²) in [5.41, 5.74) is 11.4. The van der Waals surface area contributed by atoms with Gasteiger partial charge < -0.3 is 10.2 Å². The maximum absolute atomic E-state index is 3.88. The minimum absolute atomic E-state index is 0.0867. The molecular formula is C46H34N2S. The van der Waals surface area contributed by atoms with Crippen LogP contribution in [0.1, 0.15) is 35.9 Å². The Morgan fingerprint density at radius 2 is 1.16 bits per heavy atom. The molecule has 0 fully saturated rings. The molecule has 0 bridgehead atoms. The van der Waals surface area contributed by atoms with Crippen LogP contribution in [-0.2, 0) is 5.41 Å². The monoisotopic (exact) mass is 646 g/mol. The summed E-state index contributed by atoms with van der Waals surface area (Å²) < 4.78 is 0. The van der Waals surface area contributed by atoms with Crippen LogP contribution >= 0.6 is 11.8 Å². The van der Waals surface area contributed by atoms with Gasteiger partial charge in [0.05, 0.1) is 5.69 Å². The third-order valence-corrected chi connectivity index (χ3v) is 11.9. The highest BCUT2D eigenvalue weighted by Gasteiger charge is 2.36. The molecule has 10 rings (SSSR count). The lowest BCUT2D eigenvalue weighted by molar-refractivity contribution is 0.660. The first-order valence-electron chi connectivity index (χ1n) is 17.0. The Hall–Kier alpha value is -5.51. The van der Waals surface area contributed by atoms with E-state index >= 15 is 0 Å². The maximum Gasteiger partial charge on any atom is 0.103 e. The van der Waals surface area contributed by atoms with Crippen LogP contribution in [0.25, 0.3) is 43.4 Å². The van der Waals surface area contributed by atoms with Crippen molar-refractivity contribution in [3.05, 3.63) is 174 Å². The molecule has 2 aliphatic rings. The van der Waals surface area contributed by atoms with E-state index in [-0.39, 0.29) is 10.8 Å². The predicted octanol–water partition coefficient (Wildman–Crippen LogP) is 13.1. The van der Waals surface area contributed by atoms with E-state index in [1.807, 2.05) is 11.8 Å². The van der Waals surface area contributed by atoms with E-state index in [4.69, 9.17) is 0 Å². The van der Waals surface area contributed by atoms with Gasteiger partial charge in [-0.05, 0) is 91.1 Å². The van der Waals surface area contributed by atoms with E-state index in [9.17, 15) is 0 Å². The lowest BCUT2D eigenvalue weighted by Gasteiger charge is -2.29. The highest BCUT2D eigenvalue weighted by molar-refractivity contribution is 8.00. The fourth-order valence-electron chi connectivity index (χ4n) is 8.20. The van der Waals surface area contributed by atoms with Crippen molar-refractivity contribution in [3.8, 4) is 11.1 Å². The van der Waals surface area contributed by atoms with Crippen molar-refractivity contribution >= 4 is 66.8 Å². The van der Waals surface area contributed by atoms with Crippen LogP contribution in [0.3, 0.4) is 0 Å². The van der Waals surface area contributed by atoms with E-state index in [1.54, 1.807) is 0 Å². The van der Waals surface area contributed by atoms with Crippen LogP contribution in [-0.4, -0.2) is 0 Å². The summed E-state index contributed by atoms with van der Waals surface area (Å²) in [7, 11) is 0. The molecule has 234 valence electrons. The van der Waals surface area contributed by atoms with Gasteiger partial charge in [-0.2, -0.15) is 0 Å². The fraction of sp³-hybridized carbons (Fsp3) is 0.0870. The number of anilines is 4. The molecule has 0 radical (unpaired) electrons. The Morgan fingerprint density at radius 3 is 2.04 bits per heavy atom. The number of benzene rings is 8. The van der Waals surface area contributed by atoms with Gasteiger partial charge in [0.1, 0.15) is 5.37 Å². The Bertz CT molecular complexity index is 2600. The number of fused-ring (bicyclic) bond motifs is 10. The largest absolute Gasteiger partial charge is 0.368 e. The van der Waals surface area contributed by atoms with Crippen molar-refractivity contribution in [1.82, 2.24) is 0 Å². The van der Waals surface area contributed by atoms with Crippen LogP contribution in [0, 0.1) is 0 Å². The molecule has 0 amide bonds. The molecule has 49 heavy (non-hydrogen) atoms. The smallest absolute Gasteiger partial charge is 0.103 e. The normalized spacial score (nSPS) is 15.6. The minimum Gasteiger partial charge on any atom is -0.368 e. The molecule has 1 N–H and O–H groups in total. The molecule has 1 atom stereocenters. The van der Waals surface area contributed by atoms with E-state index in [0.29, 0.717) is 0 Å². The lowest BCUT2D eigenvalue weighted by atomic mass is 9.82. The van der Waals surface area contributed by atoms with E-state index < -0.39 is 0 Å². The van der Waals surface area contributed by atoms with Gasteiger partial charge in [-0.1, -0.05) is 147 Å². The Morgan fingerprint density at radius 1 is 0.510 bits per heavy atom. The first kappa shape index (κ1) is 28.5. The standard InChI is InChI=1S/C46H34N2S/c1-46(2)41-19-11-10-17-36(41)37-24-22-34(28-42(37)46)48(32-21-20-29-12-6-7-15-31(29)26-32)33-23-25-39-40(27-33)35-16-8-9-18-38(35)43-44(39)49-45(47-43)30-13-4-3-5-14-30/h3-28,45,47H,1-2H3. The third-order valence-electron chi connectivity index (χ3n) is 10.6. The van der Waals surface area contributed by atoms with E-state index in [0.717, 1.165) is 11.4 Å². The van der Waals surface area contributed by atoms with Gasteiger partial charge in [0, 0.05) is 32.8 Å². The SMILES string of the molecule is CC1(C)c2ccccc2-c2ccc(N(c3ccc4ccccc4c3)c3ccc4c5c(c6ccccc6c4c3)NC(c3ccccc3)S5)cc21. The topological polar surface area (TPSA) is 15.3 Å². The number of nitrogens with one attached hydrogen (secondary N) is 1. The Labute approximate surface area is 291 Å². The molecule has 2 nitrogen and oxygen atoms in total. The lowest BCUT2D eigenvalue weighted by Crippen LogP contribution is -2.16. The number of thioether (sulfide) groups is 1. The third kappa shape index (κ3) is 4.35. The van der Waals surface area contributed by atoms with Gasteiger partial charge >= 0.3 is 0 Å². The van der Waals surface area contributed by atoms with Crippen LogP contribution in [0.15, 0.2) is 163 Å². The maximum atomic E-state index is 3.88. The Balaban J connectivity index is 1.18. The second-order valence-corrected chi connectivity index (χ2v) is 14.9. The summed E-state index contributed by atoms with van der Waals surface area (Å²) >= 11 is 1.92. The first-order valence-corrected chi connectivity index (χ1v) is 17.9. The summed E-state index contributed by atoms with van der Waals surface area (Å²) in [6, 6.07) is 58.2. The van der Waals surface area contributed by atoms with Gasteiger partial charge in [0.2, 0.25) is 0 Å². The molecule has 0 spiro atoms. The van der Waals surface area contributed by atoms with Gasteiger partial charge in [0.25, 0.3) is 0 Å². The average molecular weight is 647 g/mol. The first-order chi connectivity index (χ1) is 24.0. The van der Waals surface area contributed by atoms with E-state index in [2.05, 4.69) is 182 Å². The summed E-state index contributed by atoms with van der Waals surface area (Å²) in [5.74, 6) is 0. The van der Waals surface area contributed by atoms with Gasteiger partial charge in [-0.3, -0.25) is 0 Å². The number of hydrogen-bond acceptors (Lipinski definition) is 3. The zero-order valence-corrected chi connectivity index (χ0v) is 28.3. The number of nitrogens with zero attached hydrogens (tertiary/aromatic N) is 1. The molecule has 1 aliphatic carbocycles. The molecule has 1 aliphatic heterocycles. The number of rotatable bonds is 4. The number of hydrogen-bond donors (Lipinski definition) is 1. The summed E-state index contributed by atoms with van der Waals surface area (Å²) in [6.07, 6.45) is 0. The minimum atomic E-state index is -0.0867. The van der Waals surface area contributed by atoms with Gasteiger partial charge in [-0.25, -0.2) is 0 Å². The van der Waals surface area contributed by atoms with Crippen molar-refractivity contribution in [2.45, 2.75) is 29.5 Å². The second kappa shape index (κ2) is 10.7. The Kier molecular flexibility index (Phi) is 6.25. The molecule has 0 saturated carbocycles. The molecule has 8 aromatic rings. The quantitative estimate of drug-likeness (QED) is 0.192. The van der Waals surface area contributed by atoms with E-state index in [1.165, 1.54) is 76.4 Å². The van der Waals surface area contributed by atoms with Crippen LogP contribution < -0.4 is 10.2 Å². The molecule has 8 aromatic carbocycles. The highest BCUT2D eigenvalue weighted by atomic mass is 32.2. The summed E-state index contributed by atoms with van der Waals surface area (Å²) in [4.78, 5) is 3.77. The molecule has 3 heteroatoms. The fourth-order valence-corrected chi connectivity index (χ4v) is 9.50. The van der Waals surface area contributed by atoms with Gasteiger partial charge in [-0.15, -0.1) is 0 Å². The zero-order chi connectivity index (χ0) is 32.7. The van der Waals surface area contributed by atoms with Crippen LogP contribution in [0.4, 0.5) is 22.7 Å². The molecule has 1 unspecified atom stereocenters. The van der Waals surface area contributed by atoms with Crippen molar-refractivity contribution in [2.75, 3.05) is 10.2 Å². The zero-order valence-electron chi connectivity index (χ0n) is 27.4. The van der Waals surface area contributed by atoms with Crippen molar-refractivity contribution in [2.24, 2.45) is 0 Å². The highest BCUT2D eigenvalue weighted by Crippen LogP contribution is 2.55. The van der Waals surface area contributed by atoms with Crippen molar-refractivity contribution < 1.29 is 0 Å². The van der Waals surface area contributed by atoms with Gasteiger partial charge in [0.15, 0.2) is 0 Å². The predicted molar refractivity (Wildman–Crippen MR) is 210 cm³/mol. The van der Waals surface area contributed by atoms with Crippen molar-refractivity contribution in [3.63, 3.8) is 0 Å². The molecule has 1 heterocycles. The van der Waals surface area contributed by atoms with Crippen molar-refractivity contribution in [1.29, 1.82) is 0 Å². The molecular weight excluding hydrogens is 613 g/mol. The average Bonchev–Trinajstić information content (AvgIpc) is 3.70. The van der Waals surface area contributed by atoms with Crippen LogP contribution in [0.5, 0.6) is 0 Å². The molecule has 0 saturated heterocycles. The molecule has 0 aromatic heterocycles. The summed E-state index contributed by atoms with van der Waals surface area (Å²) in [6.45, 7) is 4.72.